The quantitative estimate of drug-likeness (QED) is 0.784. The van der Waals surface area contributed by atoms with Crippen LogP contribution >= 0.6 is 11.3 Å². The minimum absolute atomic E-state index is 0.157. The van der Waals surface area contributed by atoms with Crippen LogP contribution in [0.5, 0.6) is 0 Å². The van der Waals surface area contributed by atoms with Crippen LogP contribution in [0.3, 0.4) is 0 Å². The molecule has 1 heterocycles. The third-order valence-corrected chi connectivity index (χ3v) is 4.54. The average molecular weight is 326 g/mol. The zero-order valence-corrected chi connectivity index (χ0v) is 13.6. The first-order valence-corrected chi connectivity index (χ1v) is 8.54. The van der Waals surface area contributed by atoms with Crippen molar-refractivity contribution in [3.05, 3.63) is 5.01 Å². The highest BCUT2D eigenvalue weighted by molar-refractivity contribution is 7.15. The van der Waals surface area contributed by atoms with Crippen molar-refractivity contribution >= 4 is 28.5 Å². The van der Waals surface area contributed by atoms with Crippen molar-refractivity contribution in [3.63, 3.8) is 0 Å². The van der Waals surface area contributed by atoms with Gasteiger partial charge < -0.3 is 10.1 Å². The molecule has 1 aliphatic rings. The molecule has 0 aliphatic heterocycles. The Labute approximate surface area is 133 Å². The van der Waals surface area contributed by atoms with Crippen LogP contribution in [0.4, 0.5) is 9.93 Å². The van der Waals surface area contributed by atoms with Gasteiger partial charge in [0.25, 0.3) is 0 Å². The predicted octanol–water partition coefficient (Wildman–Crippen LogP) is 2.66. The van der Waals surface area contributed by atoms with Crippen LogP contribution in [0, 0.1) is 0 Å². The van der Waals surface area contributed by atoms with E-state index >= 15 is 0 Å². The maximum absolute atomic E-state index is 11.7. The van der Waals surface area contributed by atoms with Crippen molar-refractivity contribution in [1.29, 1.82) is 0 Å². The van der Waals surface area contributed by atoms with Gasteiger partial charge in [-0.3, -0.25) is 10.1 Å². The van der Waals surface area contributed by atoms with Crippen LogP contribution in [0.2, 0.25) is 0 Å². The minimum atomic E-state index is -0.379. The molecule has 2 rings (SSSR count). The molecule has 1 aromatic heterocycles. The van der Waals surface area contributed by atoms with Crippen LogP contribution in [-0.2, 0) is 9.53 Å². The van der Waals surface area contributed by atoms with Gasteiger partial charge in [0, 0.05) is 12.5 Å². The fourth-order valence-corrected chi connectivity index (χ4v) is 3.36. The fourth-order valence-electron chi connectivity index (χ4n) is 2.45. The maximum atomic E-state index is 11.7. The molecule has 0 spiro atoms. The van der Waals surface area contributed by atoms with E-state index in [0.29, 0.717) is 17.7 Å². The Morgan fingerprint density at radius 1 is 1.27 bits per heavy atom. The summed E-state index contributed by atoms with van der Waals surface area (Å²) in [6, 6.07) is -0.379. The molecule has 0 atom stereocenters. The molecule has 1 aromatic rings. The van der Waals surface area contributed by atoms with Crippen molar-refractivity contribution < 1.29 is 14.3 Å². The van der Waals surface area contributed by atoms with Crippen LogP contribution in [0.15, 0.2) is 0 Å². The zero-order valence-electron chi connectivity index (χ0n) is 12.8. The summed E-state index contributed by atoms with van der Waals surface area (Å²) in [7, 11) is 0. The van der Waals surface area contributed by atoms with Crippen molar-refractivity contribution in [3.8, 4) is 0 Å². The highest BCUT2D eigenvalue weighted by Gasteiger charge is 2.20. The summed E-state index contributed by atoms with van der Waals surface area (Å²) in [4.78, 5) is 22.8. The smallest absolute Gasteiger partial charge is 0.321 e. The number of esters is 1. The molecule has 1 fully saturated rings. The Morgan fingerprint density at radius 3 is 2.77 bits per heavy atom. The zero-order chi connectivity index (χ0) is 15.8. The highest BCUT2D eigenvalue weighted by Crippen LogP contribution is 2.34. The van der Waals surface area contributed by atoms with Crippen LogP contribution in [0.1, 0.15) is 56.4 Å². The molecular weight excluding hydrogens is 304 g/mol. The Balaban J connectivity index is 1.72. The van der Waals surface area contributed by atoms with Crippen molar-refractivity contribution in [2.24, 2.45) is 0 Å². The molecule has 2 N–H and O–H groups in total. The first-order valence-electron chi connectivity index (χ1n) is 7.73. The van der Waals surface area contributed by atoms with Crippen LogP contribution < -0.4 is 10.6 Å². The Bertz CT molecular complexity index is 500. The summed E-state index contributed by atoms with van der Waals surface area (Å²) in [5, 5.41) is 14.9. The number of anilines is 1. The first kappa shape index (κ1) is 16.7. The van der Waals surface area contributed by atoms with Crippen molar-refractivity contribution in [2.75, 3.05) is 18.5 Å². The predicted molar refractivity (Wildman–Crippen MR) is 84.0 cm³/mol. The molecule has 1 aliphatic carbocycles. The van der Waals surface area contributed by atoms with Gasteiger partial charge in [-0.15, -0.1) is 10.2 Å². The van der Waals surface area contributed by atoms with E-state index in [1.807, 2.05) is 0 Å². The molecule has 122 valence electrons. The van der Waals surface area contributed by atoms with Gasteiger partial charge in [0.15, 0.2) is 0 Å². The summed E-state index contributed by atoms with van der Waals surface area (Å²) >= 11 is 1.43. The number of carbonyl (C=O) groups excluding carboxylic acids is 2. The lowest BCUT2D eigenvalue weighted by atomic mass is 9.90. The molecule has 0 radical (unpaired) electrons. The maximum Gasteiger partial charge on any atom is 0.321 e. The van der Waals surface area contributed by atoms with Gasteiger partial charge in [0.2, 0.25) is 5.13 Å². The Kier molecular flexibility index (Phi) is 6.57. The number of aromatic nitrogens is 2. The van der Waals surface area contributed by atoms with E-state index in [1.54, 1.807) is 6.92 Å². The molecule has 0 aromatic carbocycles. The highest BCUT2D eigenvalue weighted by atomic mass is 32.1. The third kappa shape index (κ3) is 5.25. The standard InChI is InChI=1S/C14H22N4O3S/c1-2-21-11(19)8-9-15-13(20)16-14-18-17-12(22-14)10-6-4-3-5-7-10/h10H,2-9H2,1H3,(H2,15,16,18,20). The average Bonchev–Trinajstić information content (AvgIpc) is 2.97. The van der Waals surface area contributed by atoms with Gasteiger partial charge in [0.1, 0.15) is 5.01 Å². The number of hydrogen-bond donors (Lipinski definition) is 2. The van der Waals surface area contributed by atoms with Gasteiger partial charge in [-0.2, -0.15) is 0 Å². The molecule has 0 unspecified atom stereocenters. The van der Waals surface area contributed by atoms with E-state index in [0.717, 1.165) is 17.8 Å². The third-order valence-electron chi connectivity index (χ3n) is 3.54. The van der Waals surface area contributed by atoms with Gasteiger partial charge in [-0.1, -0.05) is 30.6 Å². The second-order valence-corrected chi connectivity index (χ2v) is 6.23. The summed E-state index contributed by atoms with van der Waals surface area (Å²) < 4.78 is 4.78. The van der Waals surface area contributed by atoms with Crippen molar-refractivity contribution in [1.82, 2.24) is 15.5 Å². The minimum Gasteiger partial charge on any atom is -0.466 e. The number of ether oxygens (including phenoxy) is 1. The van der Waals surface area contributed by atoms with Crippen LogP contribution in [-0.4, -0.2) is 35.3 Å². The lowest BCUT2D eigenvalue weighted by Crippen LogP contribution is -2.30. The Morgan fingerprint density at radius 2 is 2.05 bits per heavy atom. The summed E-state index contributed by atoms with van der Waals surface area (Å²) in [5.74, 6) is 0.159. The fraction of sp³-hybridized carbons (Fsp3) is 0.714. The van der Waals surface area contributed by atoms with Gasteiger partial charge in [0.05, 0.1) is 13.0 Å². The normalized spacial score (nSPS) is 15.3. The monoisotopic (exact) mass is 326 g/mol. The molecule has 0 saturated heterocycles. The van der Waals surface area contributed by atoms with E-state index in [1.165, 1.54) is 30.6 Å². The second-order valence-electron chi connectivity index (χ2n) is 5.22. The Hall–Kier alpha value is -1.70. The molecule has 7 nitrogen and oxygen atoms in total. The van der Waals surface area contributed by atoms with E-state index in [2.05, 4.69) is 20.8 Å². The van der Waals surface area contributed by atoms with E-state index < -0.39 is 0 Å². The van der Waals surface area contributed by atoms with E-state index in [-0.39, 0.29) is 25.0 Å². The number of carbonyl (C=O) groups is 2. The number of amides is 2. The van der Waals surface area contributed by atoms with E-state index in [9.17, 15) is 9.59 Å². The SMILES string of the molecule is CCOC(=O)CCNC(=O)Nc1nnc(C2CCCCC2)s1. The number of rotatable bonds is 6. The molecule has 8 heteroatoms. The largest absolute Gasteiger partial charge is 0.466 e. The topological polar surface area (TPSA) is 93.2 Å². The molecule has 1 saturated carbocycles. The molecule has 22 heavy (non-hydrogen) atoms. The van der Waals surface area contributed by atoms with Gasteiger partial charge >= 0.3 is 12.0 Å². The number of nitrogens with one attached hydrogen (secondary N) is 2. The lowest BCUT2D eigenvalue weighted by Gasteiger charge is -2.18. The van der Waals surface area contributed by atoms with Crippen LogP contribution in [0.25, 0.3) is 0 Å². The van der Waals surface area contributed by atoms with Crippen molar-refractivity contribution in [2.45, 2.75) is 51.4 Å². The summed E-state index contributed by atoms with van der Waals surface area (Å²) in [5.41, 5.74) is 0. The summed E-state index contributed by atoms with van der Waals surface area (Å²) in [6.45, 7) is 2.33. The number of nitrogens with zero attached hydrogens (tertiary/aromatic N) is 2. The molecule has 0 bridgehead atoms. The second kappa shape index (κ2) is 8.67. The first-order chi connectivity index (χ1) is 10.7. The van der Waals surface area contributed by atoms with E-state index in [4.69, 9.17) is 4.74 Å². The number of hydrogen-bond acceptors (Lipinski definition) is 6. The summed E-state index contributed by atoms with van der Waals surface area (Å²) in [6.07, 6.45) is 6.23. The number of urea groups is 1. The molecule has 2 amide bonds. The van der Waals surface area contributed by atoms with Gasteiger partial charge in [-0.05, 0) is 19.8 Å². The van der Waals surface area contributed by atoms with Gasteiger partial charge in [-0.25, -0.2) is 4.79 Å². The lowest BCUT2D eigenvalue weighted by molar-refractivity contribution is -0.142. The molecular formula is C14H22N4O3S.